The zero-order valence-corrected chi connectivity index (χ0v) is 14.6. The van der Waals surface area contributed by atoms with Crippen molar-refractivity contribution in [2.75, 3.05) is 19.8 Å². The maximum Gasteiger partial charge on any atom is 0.271 e. The van der Waals surface area contributed by atoms with Crippen LogP contribution in [0.1, 0.15) is 35.4 Å². The number of nitrogens with zero attached hydrogens (tertiary/aromatic N) is 3. The molecule has 2 N–H and O–H groups in total. The highest BCUT2D eigenvalue weighted by Gasteiger charge is 2.15. The Bertz CT molecular complexity index is 879. The van der Waals surface area contributed by atoms with Gasteiger partial charge in [-0.3, -0.25) is 9.89 Å². The standard InChI is InChI=1S/C19H23N5O2/c25-19(20-8-3-4-14-7-9-26-12-14)17-10-15(22-23-17)11-24-13-21-16-5-1-2-6-18(16)24/h1-2,5-6,10,13-14H,3-4,7-9,11-12H2,(H,20,25)(H,22,23)/t14-/m0/s1. The van der Waals surface area contributed by atoms with Crippen molar-refractivity contribution in [1.82, 2.24) is 25.1 Å². The van der Waals surface area contributed by atoms with Crippen LogP contribution in [-0.4, -0.2) is 45.4 Å². The quantitative estimate of drug-likeness (QED) is 0.639. The molecule has 136 valence electrons. The molecule has 0 spiro atoms. The Labute approximate surface area is 151 Å². The molecule has 3 heterocycles. The number of benzene rings is 1. The number of hydrogen-bond donors (Lipinski definition) is 2. The number of nitrogens with one attached hydrogen (secondary N) is 2. The molecule has 1 aliphatic heterocycles. The fourth-order valence-electron chi connectivity index (χ4n) is 3.37. The number of aromatic nitrogens is 4. The van der Waals surface area contributed by atoms with Gasteiger partial charge in [0, 0.05) is 19.8 Å². The third kappa shape index (κ3) is 3.77. The van der Waals surface area contributed by atoms with Crippen molar-refractivity contribution in [2.45, 2.75) is 25.8 Å². The third-order valence-corrected chi connectivity index (χ3v) is 4.83. The van der Waals surface area contributed by atoms with E-state index in [-0.39, 0.29) is 5.91 Å². The van der Waals surface area contributed by atoms with Crippen LogP contribution in [0.25, 0.3) is 11.0 Å². The zero-order chi connectivity index (χ0) is 17.8. The van der Waals surface area contributed by atoms with Gasteiger partial charge in [-0.2, -0.15) is 5.10 Å². The zero-order valence-electron chi connectivity index (χ0n) is 14.6. The first kappa shape index (κ1) is 16.8. The summed E-state index contributed by atoms with van der Waals surface area (Å²) < 4.78 is 7.41. The van der Waals surface area contributed by atoms with Gasteiger partial charge in [0.1, 0.15) is 5.69 Å². The summed E-state index contributed by atoms with van der Waals surface area (Å²) in [5.74, 6) is 0.513. The lowest BCUT2D eigenvalue weighted by Crippen LogP contribution is -2.25. The summed E-state index contributed by atoms with van der Waals surface area (Å²) in [4.78, 5) is 16.6. The second-order valence-electron chi connectivity index (χ2n) is 6.77. The van der Waals surface area contributed by atoms with Crippen LogP contribution in [-0.2, 0) is 11.3 Å². The molecule has 1 fully saturated rings. The molecule has 0 bridgehead atoms. The van der Waals surface area contributed by atoms with Crippen LogP contribution in [0.3, 0.4) is 0 Å². The minimum atomic E-state index is -0.134. The fraction of sp³-hybridized carbons (Fsp3) is 0.421. The Morgan fingerprint density at radius 3 is 3.19 bits per heavy atom. The van der Waals surface area contributed by atoms with Crippen LogP contribution in [0.4, 0.5) is 0 Å². The Kier molecular flexibility index (Phi) is 4.97. The molecule has 1 atom stereocenters. The molecule has 2 aromatic heterocycles. The second-order valence-corrected chi connectivity index (χ2v) is 6.77. The molecule has 1 saturated heterocycles. The SMILES string of the molecule is O=C(NCCC[C@H]1CCOC1)c1cc(Cn2cnc3ccccc32)[nH]n1. The molecule has 26 heavy (non-hydrogen) atoms. The Morgan fingerprint density at radius 1 is 1.38 bits per heavy atom. The normalized spacial score (nSPS) is 17.0. The van der Waals surface area contributed by atoms with Crippen molar-refractivity contribution in [2.24, 2.45) is 5.92 Å². The second kappa shape index (κ2) is 7.70. The summed E-state index contributed by atoms with van der Waals surface area (Å²) in [5, 5.41) is 10.0. The van der Waals surface area contributed by atoms with Gasteiger partial charge >= 0.3 is 0 Å². The van der Waals surface area contributed by atoms with Gasteiger partial charge < -0.3 is 14.6 Å². The number of para-hydroxylation sites is 2. The van der Waals surface area contributed by atoms with Crippen LogP contribution in [0.2, 0.25) is 0 Å². The van der Waals surface area contributed by atoms with E-state index in [0.717, 1.165) is 49.2 Å². The number of rotatable bonds is 7. The van der Waals surface area contributed by atoms with Gasteiger partial charge in [-0.1, -0.05) is 12.1 Å². The summed E-state index contributed by atoms with van der Waals surface area (Å²) in [6, 6.07) is 9.77. The maximum absolute atomic E-state index is 12.2. The Balaban J connectivity index is 1.30. The lowest BCUT2D eigenvalue weighted by molar-refractivity contribution is 0.0947. The summed E-state index contributed by atoms with van der Waals surface area (Å²) in [5.41, 5.74) is 3.32. The Hall–Kier alpha value is -2.67. The smallest absolute Gasteiger partial charge is 0.271 e. The van der Waals surface area contributed by atoms with E-state index in [1.165, 1.54) is 0 Å². The predicted molar refractivity (Wildman–Crippen MR) is 97.9 cm³/mol. The van der Waals surface area contributed by atoms with Gasteiger partial charge in [-0.15, -0.1) is 0 Å². The van der Waals surface area contributed by atoms with E-state index in [2.05, 4.69) is 20.5 Å². The average molecular weight is 353 g/mol. The van der Waals surface area contributed by atoms with E-state index >= 15 is 0 Å². The summed E-state index contributed by atoms with van der Waals surface area (Å²) in [6.45, 7) is 3.00. The molecule has 4 rings (SSSR count). The third-order valence-electron chi connectivity index (χ3n) is 4.83. The molecule has 0 aliphatic carbocycles. The maximum atomic E-state index is 12.2. The van der Waals surface area contributed by atoms with Crippen molar-refractivity contribution in [3.63, 3.8) is 0 Å². The highest BCUT2D eigenvalue weighted by molar-refractivity contribution is 5.92. The van der Waals surface area contributed by atoms with Crippen LogP contribution in [0, 0.1) is 5.92 Å². The minimum Gasteiger partial charge on any atom is -0.381 e. The summed E-state index contributed by atoms with van der Waals surface area (Å²) in [6.07, 6.45) is 5.01. The number of carbonyl (C=O) groups excluding carboxylic acids is 1. The number of aromatic amines is 1. The van der Waals surface area contributed by atoms with Gasteiger partial charge in [0.15, 0.2) is 0 Å². The number of amides is 1. The monoisotopic (exact) mass is 353 g/mol. The summed E-state index contributed by atoms with van der Waals surface area (Å²) in [7, 11) is 0. The van der Waals surface area contributed by atoms with E-state index in [9.17, 15) is 4.79 Å². The molecule has 1 aliphatic rings. The highest BCUT2D eigenvalue weighted by atomic mass is 16.5. The van der Waals surface area contributed by atoms with E-state index in [0.29, 0.717) is 24.7 Å². The van der Waals surface area contributed by atoms with Crippen LogP contribution in [0.5, 0.6) is 0 Å². The Morgan fingerprint density at radius 2 is 2.31 bits per heavy atom. The molecule has 3 aromatic rings. The molecule has 1 amide bonds. The van der Waals surface area contributed by atoms with E-state index in [1.54, 1.807) is 12.4 Å². The predicted octanol–water partition coefficient (Wildman–Crippen LogP) is 2.35. The largest absolute Gasteiger partial charge is 0.381 e. The van der Waals surface area contributed by atoms with Crippen LogP contribution in [0.15, 0.2) is 36.7 Å². The van der Waals surface area contributed by atoms with Crippen molar-refractivity contribution in [1.29, 1.82) is 0 Å². The molecule has 7 heteroatoms. The summed E-state index contributed by atoms with van der Waals surface area (Å²) >= 11 is 0. The minimum absolute atomic E-state index is 0.134. The molecule has 0 radical (unpaired) electrons. The molecule has 7 nitrogen and oxygen atoms in total. The van der Waals surface area contributed by atoms with E-state index < -0.39 is 0 Å². The molecule has 0 unspecified atom stereocenters. The van der Waals surface area contributed by atoms with Crippen molar-refractivity contribution < 1.29 is 9.53 Å². The molecule has 0 saturated carbocycles. The number of imidazole rings is 1. The van der Waals surface area contributed by atoms with Crippen LogP contribution >= 0.6 is 0 Å². The first-order valence-corrected chi connectivity index (χ1v) is 9.10. The lowest BCUT2D eigenvalue weighted by Gasteiger charge is -2.07. The van der Waals surface area contributed by atoms with E-state index in [1.807, 2.05) is 28.8 Å². The van der Waals surface area contributed by atoms with Gasteiger partial charge in [0.05, 0.1) is 29.6 Å². The van der Waals surface area contributed by atoms with E-state index in [4.69, 9.17) is 4.74 Å². The molecular formula is C19H23N5O2. The number of hydrogen-bond acceptors (Lipinski definition) is 4. The number of ether oxygens (including phenoxy) is 1. The lowest BCUT2D eigenvalue weighted by atomic mass is 10.0. The van der Waals surface area contributed by atoms with Crippen molar-refractivity contribution in [3.05, 3.63) is 48.0 Å². The van der Waals surface area contributed by atoms with Crippen molar-refractivity contribution in [3.8, 4) is 0 Å². The number of fused-ring (bicyclic) bond motifs is 1. The van der Waals surface area contributed by atoms with Gasteiger partial charge in [-0.05, 0) is 43.4 Å². The number of carbonyl (C=O) groups is 1. The first-order valence-electron chi connectivity index (χ1n) is 9.10. The number of H-pyrrole nitrogens is 1. The van der Waals surface area contributed by atoms with Gasteiger partial charge in [0.25, 0.3) is 5.91 Å². The highest BCUT2D eigenvalue weighted by Crippen LogP contribution is 2.17. The molecular weight excluding hydrogens is 330 g/mol. The average Bonchev–Trinajstić information content (AvgIpc) is 3.41. The fourth-order valence-corrected chi connectivity index (χ4v) is 3.37. The van der Waals surface area contributed by atoms with Gasteiger partial charge in [-0.25, -0.2) is 4.98 Å². The van der Waals surface area contributed by atoms with Crippen LogP contribution < -0.4 is 5.32 Å². The first-order chi connectivity index (χ1) is 12.8. The topological polar surface area (TPSA) is 84.8 Å². The van der Waals surface area contributed by atoms with Gasteiger partial charge in [0.2, 0.25) is 0 Å². The van der Waals surface area contributed by atoms with Crippen molar-refractivity contribution >= 4 is 16.9 Å². The molecule has 1 aromatic carbocycles.